The summed E-state index contributed by atoms with van der Waals surface area (Å²) in [5.41, 5.74) is -3.36. The van der Waals surface area contributed by atoms with Gasteiger partial charge in [0.15, 0.2) is 5.15 Å². The van der Waals surface area contributed by atoms with Crippen LogP contribution in [0.25, 0.3) is 0 Å². The Morgan fingerprint density at radius 1 is 1.31 bits per heavy atom. The number of benzene rings is 1. The summed E-state index contributed by atoms with van der Waals surface area (Å²) in [5.74, 6) is 0.134. The second-order valence-electron chi connectivity index (χ2n) is 10.2. The first-order valence-electron chi connectivity index (χ1n) is 11.9. The van der Waals surface area contributed by atoms with Crippen molar-refractivity contribution in [3.63, 3.8) is 0 Å². The summed E-state index contributed by atoms with van der Waals surface area (Å²) in [5, 5.41) is 15.5. The summed E-state index contributed by atoms with van der Waals surface area (Å²) in [6.45, 7) is 8.19. The molecule has 39 heavy (non-hydrogen) atoms. The number of nitrogens with one attached hydrogen (secondary N) is 1. The summed E-state index contributed by atoms with van der Waals surface area (Å²) in [6, 6.07) is 4.91. The van der Waals surface area contributed by atoms with Crippen LogP contribution in [0.2, 0.25) is 5.15 Å². The number of nitrogens with zero attached hydrogens (tertiary/aromatic N) is 4. The lowest BCUT2D eigenvalue weighted by molar-refractivity contribution is -0.242. The van der Waals surface area contributed by atoms with Gasteiger partial charge < -0.3 is 9.47 Å². The molecule has 3 rings (SSSR count). The fraction of sp³-hybridized carbons (Fsp3) is 0.542. The Hall–Kier alpha value is -3.18. The Labute approximate surface area is 229 Å². The minimum absolute atomic E-state index is 0.00618. The Balaban J connectivity index is 2.08. The molecule has 214 valence electrons. The van der Waals surface area contributed by atoms with E-state index >= 15 is 0 Å². The number of amides is 1. The number of carbonyl (C=O) groups is 1. The lowest BCUT2D eigenvalue weighted by atomic mass is 9.88. The second-order valence-corrected chi connectivity index (χ2v) is 12.4. The molecule has 1 amide bonds. The molecule has 1 aromatic carbocycles. The molecule has 1 unspecified atom stereocenters. The maximum atomic E-state index is 13.9. The van der Waals surface area contributed by atoms with Crippen LogP contribution in [-0.4, -0.2) is 48.7 Å². The van der Waals surface area contributed by atoms with Crippen molar-refractivity contribution in [2.75, 3.05) is 16.2 Å². The van der Waals surface area contributed by atoms with Crippen molar-refractivity contribution in [3.05, 3.63) is 29.0 Å². The van der Waals surface area contributed by atoms with Crippen molar-refractivity contribution >= 4 is 39.1 Å². The highest BCUT2D eigenvalue weighted by Gasteiger charge is 2.51. The van der Waals surface area contributed by atoms with E-state index in [1.807, 2.05) is 0 Å². The van der Waals surface area contributed by atoms with Crippen molar-refractivity contribution in [2.24, 2.45) is 5.41 Å². The average molecular weight is 592 g/mol. The Morgan fingerprint density at radius 2 is 1.95 bits per heavy atom. The number of aryl methyl sites for hydroxylation is 1. The summed E-state index contributed by atoms with van der Waals surface area (Å²) < 4.78 is 80.4. The van der Waals surface area contributed by atoms with Gasteiger partial charge in [0.25, 0.3) is 10.0 Å². The Kier molecular flexibility index (Phi) is 8.11. The van der Waals surface area contributed by atoms with Gasteiger partial charge in [0.2, 0.25) is 5.60 Å². The zero-order valence-electron chi connectivity index (χ0n) is 22.2. The minimum atomic E-state index is -4.82. The van der Waals surface area contributed by atoms with E-state index in [-0.39, 0.29) is 45.7 Å². The number of aromatic nitrogens is 2. The summed E-state index contributed by atoms with van der Waals surface area (Å²) in [6.07, 6.45) is -5.45. The van der Waals surface area contributed by atoms with Gasteiger partial charge in [-0.3, -0.25) is 14.3 Å². The van der Waals surface area contributed by atoms with Crippen molar-refractivity contribution in [1.82, 2.24) is 9.78 Å². The standard InChI is InChI=1S/C24H29ClF3N5O5S/c1-7-32-12-18(20(25)31-32)39(35,36)33-11-15(10-22(3,4)13-29)37-17-9-8-16(14(2)19(17)33)30-21(34)38-23(5,6)24(26,27)28/h8-9,12,15H,7,10-11H2,1-6H3,(H,30,34). The van der Waals surface area contributed by atoms with Crippen LogP contribution in [-0.2, 0) is 21.3 Å². The van der Waals surface area contributed by atoms with Gasteiger partial charge in [0, 0.05) is 30.4 Å². The number of rotatable bonds is 7. The van der Waals surface area contributed by atoms with E-state index in [1.165, 1.54) is 29.9 Å². The number of sulfonamides is 1. The van der Waals surface area contributed by atoms with E-state index < -0.39 is 39.4 Å². The normalized spacial score (nSPS) is 16.2. The van der Waals surface area contributed by atoms with Crippen molar-refractivity contribution < 1.29 is 35.9 Å². The Morgan fingerprint density at radius 3 is 2.49 bits per heavy atom. The lowest BCUT2D eigenvalue weighted by Crippen LogP contribution is -2.45. The van der Waals surface area contributed by atoms with Gasteiger partial charge in [0.05, 0.1) is 23.7 Å². The van der Waals surface area contributed by atoms with Crippen LogP contribution >= 0.6 is 11.6 Å². The molecule has 0 saturated carbocycles. The molecule has 15 heteroatoms. The van der Waals surface area contributed by atoms with Crippen molar-refractivity contribution in [1.29, 1.82) is 5.26 Å². The van der Waals surface area contributed by atoms with E-state index in [4.69, 9.17) is 16.3 Å². The molecular formula is C24H29ClF3N5O5S. The highest BCUT2D eigenvalue weighted by atomic mass is 35.5. The molecule has 1 aromatic heterocycles. The topological polar surface area (TPSA) is 127 Å². The zero-order valence-corrected chi connectivity index (χ0v) is 23.8. The third-order valence-corrected chi connectivity index (χ3v) is 8.35. The molecule has 0 radical (unpaired) electrons. The molecular weight excluding hydrogens is 563 g/mol. The van der Waals surface area contributed by atoms with Gasteiger partial charge in [0.1, 0.15) is 16.7 Å². The van der Waals surface area contributed by atoms with Crippen molar-refractivity contribution in [3.8, 4) is 11.8 Å². The molecule has 1 aliphatic heterocycles. The second kappa shape index (κ2) is 10.4. The predicted molar refractivity (Wildman–Crippen MR) is 137 cm³/mol. The number of fused-ring (bicyclic) bond motifs is 1. The quantitative estimate of drug-likeness (QED) is 0.441. The van der Waals surface area contributed by atoms with Crippen LogP contribution in [0.4, 0.5) is 29.3 Å². The molecule has 2 heterocycles. The van der Waals surface area contributed by atoms with Crippen molar-refractivity contribution in [2.45, 2.75) is 77.3 Å². The van der Waals surface area contributed by atoms with Gasteiger partial charge in [-0.25, -0.2) is 13.2 Å². The first-order valence-corrected chi connectivity index (χ1v) is 13.7. The Bertz CT molecular complexity index is 1420. The van der Waals surface area contributed by atoms with Gasteiger partial charge in [-0.1, -0.05) is 11.6 Å². The summed E-state index contributed by atoms with van der Waals surface area (Å²) in [7, 11) is -4.34. The van der Waals surface area contributed by atoms with Crippen LogP contribution in [0.3, 0.4) is 0 Å². The highest BCUT2D eigenvalue weighted by molar-refractivity contribution is 7.93. The van der Waals surface area contributed by atoms with Crippen LogP contribution in [0.1, 0.15) is 46.6 Å². The van der Waals surface area contributed by atoms with E-state index in [9.17, 15) is 31.6 Å². The first kappa shape index (κ1) is 30.4. The number of ether oxygens (including phenoxy) is 2. The number of anilines is 2. The van der Waals surface area contributed by atoms with Gasteiger partial charge in [-0.15, -0.1) is 0 Å². The van der Waals surface area contributed by atoms with Crippen LogP contribution in [0.15, 0.2) is 23.2 Å². The molecule has 10 nitrogen and oxygen atoms in total. The summed E-state index contributed by atoms with van der Waals surface area (Å²) in [4.78, 5) is 12.1. The van der Waals surface area contributed by atoms with Gasteiger partial charge in [-0.05, 0) is 53.7 Å². The summed E-state index contributed by atoms with van der Waals surface area (Å²) >= 11 is 6.18. The minimum Gasteiger partial charge on any atom is -0.486 e. The molecule has 2 aromatic rings. The zero-order chi connectivity index (χ0) is 29.6. The smallest absolute Gasteiger partial charge is 0.427 e. The van der Waals surface area contributed by atoms with Crippen LogP contribution < -0.4 is 14.4 Å². The SMILES string of the molecule is CCn1cc(S(=O)(=O)N2CC(CC(C)(C)C#N)Oc3ccc(NC(=O)OC(C)(C)C(F)(F)F)c(C)c32)c(Cl)n1. The third kappa shape index (κ3) is 6.19. The number of nitriles is 1. The number of halogens is 4. The molecule has 0 spiro atoms. The van der Waals surface area contributed by atoms with Gasteiger partial charge >= 0.3 is 12.3 Å². The van der Waals surface area contributed by atoms with E-state index in [0.29, 0.717) is 20.4 Å². The van der Waals surface area contributed by atoms with Crippen LogP contribution in [0.5, 0.6) is 5.75 Å². The highest BCUT2D eigenvalue weighted by Crippen LogP contribution is 2.44. The number of alkyl halides is 3. The third-order valence-electron chi connectivity index (χ3n) is 6.19. The van der Waals surface area contributed by atoms with Crippen LogP contribution in [0, 0.1) is 23.7 Å². The molecule has 0 saturated heterocycles. The predicted octanol–water partition coefficient (Wildman–Crippen LogP) is 5.65. The van der Waals surface area contributed by atoms with E-state index in [2.05, 4.69) is 21.2 Å². The molecule has 1 N–H and O–H groups in total. The first-order chi connectivity index (χ1) is 17.8. The van der Waals surface area contributed by atoms with E-state index in [1.54, 1.807) is 20.8 Å². The maximum absolute atomic E-state index is 13.9. The molecule has 1 atom stereocenters. The average Bonchev–Trinajstić information content (AvgIpc) is 3.20. The molecule has 1 aliphatic rings. The molecule has 0 bridgehead atoms. The van der Waals surface area contributed by atoms with Gasteiger partial charge in [-0.2, -0.15) is 23.5 Å². The molecule has 0 aliphatic carbocycles. The number of hydrogen-bond donors (Lipinski definition) is 1. The fourth-order valence-electron chi connectivity index (χ4n) is 3.91. The molecule has 0 fully saturated rings. The monoisotopic (exact) mass is 591 g/mol. The lowest BCUT2D eigenvalue weighted by Gasteiger charge is -2.38. The maximum Gasteiger partial charge on any atom is 0.427 e. The number of hydrogen-bond acceptors (Lipinski definition) is 7. The van der Waals surface area contributed by atoms with E-state index in [0.717, 1.165) is 4.31 Å². The fourth-order valence-corrected chi connectivity index (χ4v) is 5.92. The largest absolute Gasteiger partial charge is 0.486 e. The number of carbonyl (C=O) groups excluding carboxylic acids is 1.